The molecule has 1 saturated heterocycles. The third-order valence-corrected chi connectivity index (χ3v) is 4.07. The van der Waals surface area contributed by atoms with Crippen molar-refractivity contribution < 1.29 is 4.74 Å². The second kappa shape index (κ2) is 5.86. The first kappa shape index (κ1) is 13.0. The van der Waals surface area contributed by atoms with Gasteiger partial charge in [0.15, 0.2) is 0 Å². The van der Waals surface area contributed by atoms with Gasteiger partial charge in [0.25, 0.3) is 0 Å². The number of hydrogen-bond donors (Lipinski definition) is 0. The lowest BCUT2D eigenvalue weighted by atomic mass is 9.77. The Morgan fingerprint density at radius 2 is 1.80 bits per heavy atom. The van der Waals surface area contributed by atoms with Gasteiger partial charge >= 0.3 is 0 Å². The topological polar surface area (TPSA) is 12.5 Å². The molecular formula is C13H27NO. The van der Waals surface area contributed by atoms with Crippen LogP contribution in [0, 0.1) is 0 Å². The molecule has 2 aliphatic rings. The third kappa shape index (κ3) is 2.36. The van der Waals surface area contributed by atoms with Crippen molar-refractivity contribution in [2.75, 3.05) is 20.7 Å². The summed E-state index contributed by atoms with van der Waals surface area (Å²) in [7, 11) is 4.15. The van der Waals surface area contributed by atoms with Crippen molar-refractivity contribution >= 4 is 0 Å². The van der Waals surface area contributed by atoms with Gasteiger partial charge in [0, 0.05) is 12.6 Å². The van der Waals surface area contributed by atoms with Crippen LogP contribution in [0.5, 0.6) is 0 Å². The van der Waals surface area contributed by atoms with E-state index >= 15 is 0 Å². The Bertz CT molecular complexity index is 183. The Kier molecular flexibility index (Phi) is 5.07. The molecule has 0 amide bonds. The minimum atomic E-state index is 0.410. The van der Waals surface area contributed by atoms with Crippen LogP contribution in [-0.2, 0) is 4.74 Å². The van der Waals surface area contributed by atoms with Gasteiger partial charge in [-0.05, 0) is 39.3 Å². The second-order valence-electron chi connectivity index (χ2n) is 4.60. The number of ether oxygens (including phenoxy) is 1. The molecule has 2 nitrogen and oxygen atoms in total. The van der Waals surface area contributed by atoms with Crippen molar-refractivity contribution in [3.63, 3.8) is 0 Å². The van der Waals surface area contributed by atoms with E-state index in [1.807, 2.05) is 21.0 Å². The first-order valence-electron chi connectivity index (χ1n) is 6.54. The van der Waals surface area contributed by atoms with Crippen LogP contribution in [-0.4, -0.2) is 37.2 Å². The van der Waals surface area contributed by atoms with E-state index in [9.17, 15) is 0 Å². The van der Waals surface area contributed by atoms with Crippen LogP contribution in [0.3, 0.4) is 0 Å². The lowest BCUT2D eigenvalue weighted by Crippen LogP contribution is -2.53. The highest BCUT2D eigenvalue weighted by Crippen LogP contribution is 2.41. The predicted molar refractivity (Wildman–Crippen MR) is 65.2 cm³/mol. The molecule has 90 valence electrons. The Balaban J connectivity index is 0.000000531. The molecular weight excluding hydrogens is 186 g/mol. The average molecular weight is 213 g/mol. The first-order valence-corrected chi connectivity index (χ1v) is 6.54. The van der Waals surface area contributed by atoms with E-state index in [0.29, 0.717) is 11.6 Å². The number of likely N-dealkylation sites (tertiary alicyclic amines) is 1. The zero-order chi connectivity index (χ0) is 11.3. The van der Waals surface area contributed by atoms with Crippen molar-refractivity contribution in [3.05, 3.63) is 0 Å². The summed E-state index contributed by atoms with van der Waals surface area (Å²) in [5.41, 5.74) is 0.410. The van der Waals surface area contributed by atoms with Crippen LogP contribution >= 0.6 is 0 Å². The quantitative estimate of drug-likeness (QED) is 0.664. The van der Waals surface area contributed by atoms with E-state index in [4.69, 9.17) is 4.74 Å². The van der Waals surface area contributed by atoms with E-state index in [2.05, 4.69) is 11.9 Å². The van der Waals surface area contributed by atoms with E-state index in [0.717, 1.165) is 0 Å². The van der Waals surface area contributed by atoms with Gasteiger partial charge in [-0.2, -0.15) is 0 Å². The molecule has 1 aliphatic heterocycles. The van der Waals surface area contributed by atoms with Gasteiger partial charge in [0.05, 0.1) is 6.10 Å². The van der Waals surface area contributed by atoms with Gasteiger partial charge < -0.3 is 4.74 Å². The minimum absolute atomic E-state index is 0.410. The number of rotatable bonds is 1. The van der Waals surface area contributed by atoms with E-state index in [1.165, 1.54) is 45.1 Å². The molecule has 15 heavy (non-hydrogen) atoms. The minimum Gasteiger partial charge on any atom is -0.380 e. The largest absolute Gasteiger partial charge is 0.380 e. The molecule has 2 unspecified atom stereocenters. The summed E-state index contributed by atoms with van der Waals surface area (Å²) in [5.74, 6) is 0. The van der Waals surface area contributed by atoms with Gasteiger partial charge in [0.1, 0.15) is 0 Å². The van der Waals surface area contributed by atoms with E-state index in [1.54, 1.807) is 0 Å². The van der Waals surface area contributed by atoms with Crippen LogP contribution in [0.4, 0.5) is 0 Å². The van der Waals surface area contributed by atoms with Crippen molar-refractivity contribution in [2.24, 2.45) is 0 Å². The highest BCUT2D eigenvalue weighted by atomic mass is 16.5. The molecule has 1 saturated carbocycles. The summed E-state index contributed by atoms with van der Waals surface area (Å²) in [6, 6.07) is 0. The lowest BCUT2D eigenvalue weighted by Gasteiger charge is -2.45. The van der Waals surface area contributed by atoms with Crippen LogP contribution in [0.15, 0.2) is 0 Å². The van der Waals surface area contributed by atoms with Crippen LogP contribution in [0.1, 0.15) is 52.4 Å². The Morgan fingerprint density at radius 3 is 2.33 bits per heavy atom. The van der Waals surface area contributed by atoms with Crippen molar-refractivity contribution in [1.29, 1.82) is 0 Å². The van der Waals surface area contributed by atoms with Crippen molar-refractivity contribution in [3.8, 4) is 0 Å². The Hall–Kier alpha value is -0.0800. The standard InChI is InChI=1S/C11H21NO.C2H6/c1-12-9-5-8-11(12)7-4-3-6-10(11)13-2;1-2/h10H,3-9H2,1-2H3;1-2H3. The normalized spacial score (nSPS) is 36.4. The molecule has 2 heteroatoms. The molecule has 0 radical (unpaired) electrons. The smallest absolute Gasteiger partial charge is 0.0754 e. The van der Waals surface area contributed by atoms with Crippen LogP contribution in [0.25, 0.3) is 0 Å². The molecule has 0 aromatic carbocycles. The molecule has 1 heterocycles. The maximum atomic E-state index is 5.66. The lowest BCUT2D eigenvalue weighted by molar-refractivity contribution is -0.0520. The molecule has 0 bridgehead atoms. The first-order chi connectivity index (χ1) is 7.29. The summed E-state index contributed by atoms with van der Waals surface area (Å²) in [4.78, 5) is 2.54. The molecule has 2 atom stereocenters. The van der Waals surface area contributed by atoms with Crippen molar-refractivity contribution in [1.82, 2.24) is 4.90 Å². The van der Waals surface area contributed by atoms with Gasteiger partial charge in [-0.25, -0.2) is 0 Å². The summed E-state index contributed by atoms with van der Waals surface area (Å²) < 4.78 is 5.66. The Morgan fingerprint density at radius 1 is 1.13 bits per heavy atom. The maximum Gasteiger partial charge on any atom is 0.0754 e. The fourth-order valence-electron chi connectivity index (χ4n) is 3.29. The van der Waals surface area contributed by atoms with Crippen molar-refractivity contribution in [2.45, 2.75) is 64.0 Å². The molecule has 2 rings (SSSR count). The average Bonchev–Trinajstić information content (AvgIpc) is 2.65. The van der Waals surface area contributed by atoms with E-state index < -0.39 is 0 Å². The zero-order valence-electron chi connectivity index (χ0n) is 10.9. The SMILES string of the molecule is CC.COC1CCCCC12CCCN2C. The van der Waals surface area contributed by atoms with E-state index in [-0.39, 0.29) is 0 Å². The fraction of sp³-hybridized carbons (Fsp3) is 1.00. The number of methoxy groups -OCH3 is 1. The van der Waals surface area contributed by atoms with Crippen LogP contribution in [0.2, 0.25) is 0 Å². The summed E-state index contributed by atoms with van der Waals surface area (Å²) in [6.07, 6.45) is 8.56. The molecule has 1 spiro atoms. The summed E-state index contributed by atoms with van der Waals surface area (Å²) in [6.45, 7) is 5.26. The van der Waals surface area contributed by atoms with Gasteiger partial charge in [-0.3, -0.25) is 4.90 Å². The molecule has 0 aromatic rings. The fourth-order valence-corrected chi connectivity index (χ4v) is 3.29. The zero-order valence-corrected chi connectivity index (χ0v) is 10.9. The van der Waals surface area contributed by atoms with Gasteiger partial charge in [-0.15, -0.1) is 0 Å². The van der Waals surface area contributed by atoms with Gasteiger partial charge in [-0.1, -0.05) is 26.7 Å². The molecule has 0 N–H and O–H groups in total. The maximum absolute atomic E-state index is 5.66. The molecule has 0 aromatic heterocycles. The predicted octanol–water partition coefficient (Wildman–Crippen LogP) is 3.07. The highest BCUT2D eigenvalue weighted by molar-refractivity contribution is 5.02. The molecule has 2 fully saturated rings. The summed E-state index contributed by atoms with van der Waals surface area (Å²) >= 11 is 0. The number of likely N-dealkylation sites (N-methyl/N-ethyl adjacent to an activating group) is 1. The third-order valence-electron chi connectivity index (χ3n) is 4.07. The van der Waals surface area contributed by atoms with Gasteiger partial charge in [0.2, 0.25) is 0 Å². The molecule has 1 aliphatic carbocycles. The summed E-state index contributed by atoms with van der Waals surface area (Å²) in [5, 5.41) is 0. The number of hydrogen-bond acceptors (Lipinski definition) is 2. The van der Waals surface area contributed by atoms with Crippen LogP contribution < -0.4 is 0 Å². The highest BCUT2D eigenvalue weighted by Gasteiger charge is 2.46. The number of nitrogens with zero attached hydrogens (tertiary/aromatic N) is 1. The second-order valence-corrected chi connectivity index (χ2v) is 4.60. The monoisotopic (exact) mass is 213 g/mol. The Labute approximate surface area is 95.0 Å².